The Bertz CT molecular complexity index is 1300. The smallest absolute Gasteiger partial charge is 0.336 e. The summed E-state index contributed by atoms with van der Waals surface area (Å²) in [6.45, 7) is -0.440. The van der Waals surface area contributed by atoms with Crippen LogP contribution in [0.4, 0.5) is 5.82 Å². The van der Waals surface area contributed by atoms with E-state index in [0.717, 1.165) is 11.8 Å². The molecule has 38 heavy (non-hydrogen) atoms. The number of halogens is 1. The van der Waals surface area contributed by atoms with Gasteiger partial charge in [-0.05, 0) is 67.4 Å². The lowest BCUT2D eigenvalue weighted by Crippen LogP contribution is -2.51. The van der Waals surface area contributed by atoms with Crippen LogP contribution >= 0.6 is 26.7 Å². The number of nitrogens with zero attached hydrogens (tertiary/aromatic N) is 4. The summed E-state index contributed by atoms with van der Waals surface area (Å²) in [5.41, 5.74) is 0.729. The molecular weight excluding hydrogens is 562 g/mol. The van der Waals surface area contributed by atoms with E-state index in [-0.39, 0.29) is 17.0 Å². The minimum absolute atomic E-state index is 0.0181. The summed E-state index contributed by atoms with van der Waals surface area (Å²) in [5, 5.41) is 27.0. The Hall–Kier alpha value is -1.18. The Morgan fingerprint density at radius 2 is 1.68 bits per heavy atom. The minimum Gasteiger partial charge on any atom is -0.387 e. The van der Waals surface area contributed by atoms with E-state index < -0.39 is 52.1 Å². The van der Waals surface area contributed by atoms with Gasteiger partial charge in [0.05, 0.1) is 6.33 Å². The highest BCUT2D eigenvalue weighted by molar-refractivity contribution is 7.71. The predicted octanol–water partition coefficient (Wildman–Crippen LogP) is 1.25. The van der Waals surface area contributed by atoms with Gasteiger partial charge < -0.3 is 34.9 Å². The minimum atomic E-state index is -4.76. The molecule has 1 aliphatic heterocycles. The van der Waals surface area contributed by atoms with E-state index in [2.05, 4.69) is 25.4 Å². The molecular formula is C21H31ClN6O8P2. The maximum Gasteiger partial charge on any atom is 0.336 e. The Balaban J connectivity index is 1.21. The number of aliphatic hydroxyl groups excluding tert-OH is 2. The number of anilines is 1. The molecule has 3 heterocycles. The van der Waals surface area contributed by atoms with E-state index in [1.807, 2.05) is 0 Å². The van der Waals surface area contributed by atoms with Gasteiger partial charge in [0, 0.05) is 12.6 Å². The molecule has 4 bridgehead atoms. The first kappa shape index (κ1) is 27.0. The standard InChI is InChI=1S/C21H31ClN6O8P2/c22-21-26-18(25-14-11-2-9-1-10(4-11)5-12(14)3-9)15-19(27-21)28(7-23-15)20-17(30)16(29)13(36-20)6-24-37(31,32)8-38(33,34)35/h7,9-14,16-17,20,29-30H,1-6,8H2,(H2,24,31,32)(H,25,26,27)(H2,33,34,35). The van der Waals surface area contributed by atoms with Crippen molar-refractivity contribution in [2.75, 3.05) is 17.8 Å². The molecule has 1 saturated heterocycles. The summed E-state index contributed by atoms with van der Waals surface area (Å²) < 4.78 is 30.4. The van der Waals surface area contributed by atoms with Gasteiger partial charge in [-0.25, -0.2) is 10.1 Å². The lowest BCUT2D eigenvalue weighted by molar-refractivity contribution is -0.0331. The van der Waals surface area contributed by atoms with Gasteiger partial charge >= 0.3 is 7.60 Å². The van der Waals surface area contributed by atoms with Crippen molar-refractivity contribution in [1.82, 2.24) is 24.6 Å². The average molecular weight is 593 g/mol. The van der Waals surface area contributed by atoms with Crippen molar-refractivity contribution in [2.45, 2.75) is 62.7 Å². The first-order valence-corrected chi connectivity index (χ1v) is 16.7. The third-order valence-electron chi connectivity index (χ3n) is 8.45. The molecule has 2 aromatic heterocycles. The Labute approximate surface area is 222 Å². The van der Waals surface area contributed by atoms with E-state index in [4.69, 9.17) is 26.1 Å². The quantitative estimate of drug-likeness (QED) is 0.170. The van der Waals surface area contributed by atoms with Crippen molar-refractivity contribution in [2.24, 2.45) is 23.7 Å². The molecule has 2 aromatic rings. The molecule has 5 aliphatic rings. The van der Waals surface area contributed by atoms with E-state index in [0.29, 0.717) is 23.2 Å². The summed E-state index contributed by atoms with van der Waals surface area (Å²) in [6, 6.07) is 0.273. The van der Waals surface area contributed by atoms with E-state index in [1.54, 1.807) is 0 Å². The highest BCUT2D eigenvalue weighted by Crippen LogP contribution is 2.55. The van der Waals surface area contributed by atoms with Crippen LogP contribution in [0.15, 0.2) is 6.33 Å². The summed E-state index contributed by atoms with van der Waals surface area (Å²) >= 11 is 6.29. The van der Waals surface area contributed by atoms with Gasteiger partial charge in [-0.1, -0.05) is 0 Å². The topological polar surface area (TPSA) is 212 Å². The number of rotatable bonds is 8. The van der Waals surface area contributed by atoms with E-state index >= 15 is 0 Å². The number of hydrogen-bond donors (Lipinski definition) is 7. The SMILES string of the molecule is O=P(O)(O)CP(=O)(O)NCC1OC(n2cnc3c(NC4C5CC6CC(C5)CC4C6)nc(Cl)nc32)C(O)C1O. The maximum atomic E-state index is 12.1. The fraction of sp³-hybridized carbons (Fsp3) is 0.762. The lowest BCUT2D eigenvalue weighted by atomic mass is 9.54. The number of nitrogens with one attached hydrogen (secondary N) is 2. The first-order chi connectivity index (χ1) is 17.9. The van der Waals surface area contributed by atoms with E-state index in [9.17, 15) is 24.2 Å². The second kappa shape index (κ2) is 9.73. The number of hydrogen-bond acceptors (Lipinski definition) is 9. The van der Waals surface area contributed by atoms with Crippen molar-refractivity contribution >= 4 is 43.7 Å². The van der Waals surface area contributed by atoms with Crippen LogP contribution in [0.2, 0.25) is 5.28 Å². The molecule has 5 unspecified atom stereocenters. The van der Waals surface area contributed by atoms with Gasteiger partial charge in [-0.3, -0.25) is 13.7 Å². The van der Waals surface area contributed by atoms with Gasteiger partial charge in [0.1, 0.15) is 24.2 Å². The first-order valence-electron chi connectivity index (χ1n) is 12.7. The summed E-state index contributed by atoms with van der Waals surface area (Å²) in [7, 11) is -9.18. The number of aromatic nitrogens is 4. The highest BCUT2D eigenvalue weighted by atomic mass is 35.5. The van der Waals surface area contributed by atoms with Crippen molar-refractivity contribution in [3.05, 3.63) is 11.6 Å². The van der Waals surface area contributed by atoms with Crippen LogP contribution in [0.1, 0.15) is 38.3 Å². The molecule has 14 nitrogen and oxygen atoms in total. The monoisotopic (exact) mass is 592 g/mol. The molecule has 7 N–H and O–H groups in total. The summed E-state index contributed by atoms with van der Waals surface area (Å²) in [5.74, 6) is 2.02. The second-order valence-corrected chi connectivity index (χ2v) is 15.7. The molecule has 5 fully saturated rings. The van der Waals surface area contributed by atoms with Gasteiger partial charge in [0.25, 0.3) is 7.52 Å². The Kier molecular flexibility index (Phi) is 6.91. The Morgan fingerprint density at radius 1 is 1.03 bits per heavy atom. The van der Waals surface area contributed by atoms with Crippen molar-refractivity contribution in [1.29, 1.82) is 0 Å². The molecule has 0 radical (unpaired) electrons. The number of imidazole rings is 1. The van der Waals surface area contributed by atoms with Gasteiger partial charge in [0.15, 0.2) is 23.2 Å². The van der Waals surface area contributed by atoms with Gasteiger partial charge in [0.2, 0.25) is 5.28 Å². The largest absolute Gasteiger partial charge is 0.387 e. The Morgan fingerprint density at radius 3 is 2.32 bits per heavy atom. The molecule has 17 heteroatoms. The fourth-order valence-electron chi connectivity index (χ4n) is 7.16. The third kappa shape index (κ3) is 5.16. The van der Waals surface area contributed by atoms with Crippen molar-refractivity contribution in [3.63, 3.8) is 0 Å². The number of ether oxygens (including phenoxy) is 1. The van der Waals surface area contributed by atoms with Gasteiger partial charge in [-0.2, -0.15) is 9.97 Å². The molecule has 0 aromatic carbocycles. The molecule has 0 spiro atoms. The van der Waals surface area contributed by atoms with Crippen LogP contribution in [0, 0.1) is 23.7 Å². The fourth-order valence-corrected chi connectivity index (χ4v) is 10.2. The van der Waals surface area contributed by atoms with Gasteiger partial charge in [-0.15, -0.1) is 0 Å². The van der Waals surface area contributed by atoms with Crippen LogP contribution in [-0.4, -0.2) is 81.2 Å². The third-order valence-corrected chi connectivity index (χ3v) is 12.3. The molecule has 5 atom stereocenters. The molecule has 7 rings (SSSR count). The number of fused-ring (bicyclic) bond motifs is 1. The summed E-state index contributed by atoms with van der Waals surface area (Å²) in [4.78, 5) is 41.0. The van der Waals surface area contributed by atoms with Crippen LogP contribution in [0.5, 0.6) is 0 Å². The van der Waals surface area contributed by atoms with Crippen LogP contribution in [0.3, 0.4) is 0 Å². The normalized spacial score (nSPS) is 38.1. The number of aliphatic hydroxyl groups is 2. The zero-order chi connectivity index (χ0) is 27.0. The molecule has 4 aliphatic carbocycles. The maximum absolute atomic E-state index is 12.1. The molecule has 0 amide bonds. The zero-order valence-corrected chi connectivity index (χ0v) is 22.8. The van der Waals surface area contributed by atoms with Crippen LogP contribution in [0.25, 0.3) is 11.2 Å². The summed E-state index contributed by atoms with van der Waals surface area (Å²) in [6.07, 6.45) is 2.37. The van der Waals surface area contributed by atoms with Crippen LogP contribution < -0.4 is 10.4 Å². The van der Waals surface area contributed by atoms with Crippen molar-refractivity contribution < 1.29 is 38.8 Å². The predicted molar refractivity (Wildman–Crippen MR) is 135 cm³/mol. The molecule has 210 valence electrons. The van der Waals surface area contributed by atoms with Crippen molar-refractivity contribution in [3.8, 4) is 0 Å². The second-order valence-electron chi connectivity index (χ2n) is 11.2. The zero-order valence-electron chi connectivity index (χ0n) is 20.2. The molecule has 4 saturated carbocycles. The highest BCUT2D eigenvalue weighted by Gasteiger charge is 2.49. The average Bonchev–Trinajstić information content (AvgIpc) is 3.33. The lowest BCUT2D eigenvalue weighted by Gasteiger charge is -2.54. The van der Waals surface area contributed by atoms with E-state index in [1.165, 1.54) is 43.0 Å². The van der Waals surface area contributed by atoms with Crippen LogP contribution in [-0.2, 0) is 13.9 Å².